The summed E-state index contributed by atoms with van der Waals surface area (Å²) in [5.74, 6) is 0.0687. The van der Waals surface area contributed by atoms with Crippen LogP contribution in [0.25, 0.3) is 0 Å². The standard InChI is InChI=1S/C16H17Cl2N3O2S/c1-3-21-5-4-12-13(8-21)24-16(19-12)20-15(22)9-6-10(17)14(23-2)11(18)7-9/h6-7H,3-5,8H2,1-2H3,(H,19,20,22). The van der Waals surface area contributed by atoms with Crippen molar-refractivity contribution in [3.05, 3.63) is 38.3 Å². The smallest absolute Gasteiger partial charge is 0.257 e. The fraction of sp³-hybridized carbons (Fsp3) is 0.375. The van der Waals surface area contributed by atoms with Crippen molar-refractivity contribution in [2.45, 2.75) is 19.9 Å². The molecule has 1 aliphatic rings. The number of anilines is 1. The SMILES string of the molecule is CCN1CCc2nc(NC(=O)c3cc(Cl)c(OC)c(Cl)c3)sc2C1. The van der Waals surface area contributed by atoms with E-state index in [-0.39, 0.29) is 5.91 Å². The van der Waals surface area contributed by atoms with Crippen LogP contribution in [0.1, 0.15) is 27.9 Å². The highest BCUT2D eigenvalue weighted by atomic mass is 35.5. The van der Waals surface area contributed by atoms with Crippen LogP contribution in [-0.2, 0) is 13.0 Å². The van der Waals surface area contributed by atoms with Gasteiger partial charge < -0.3 is 4.74 Å². The number of halogens is 2. The third-order valence-corrected chi connectivity index (χ3v) is 5.50. The average molecular weight is 386 g/mol. The molecule has 1 aliphatic heterocycles. The van der Waals surface area contributed by atoms with Crippen LogP contribution in [0.5, 0.6) is 5.75 Å². The van der Waals surface area contributed by atoms with Crippen LogP contribution in [-0.4, -0.2) is 36.0 Å². The number of carbonyl (C=O) groups is 1. The molecule has 0 saturated carbocycles. The molecule has 128 valence electrons. The number of methoxy groups -OCH3 is 1. The van der Waals surface area contributed by atoms with Crippen LogP contribution in [0.4, 0.5) is 5.13 Å². The van der Waals surface area contributed by atoms with Gasteiger partial charge >= 0.3 is 0 Å². The van der Waals surface area contributed by atoms with E-state index in [1.54, 1.807) is 0 Å². The first-order chi connectivity index (χ1) is 11.5. The predicted octanol–water partition coefficient (Wildman–Crippen LogP) is 4.09. The Hall–Kier alpha value is -1.34. The quantitative estimate of drug-likeness (QED) is 0.860. The molecule has 2 aromatic rings. The van der Waals surface area contributed by atoms with Crippen LogP contribution < -0.4 is 10.1 Å². The maximum Gasteiger partial charge on any atom is 0.257 e. The lowest BCUT2D eigenvalue weighted by atomic mass is 10.2. The van der Waals surface area contributed by atoms with Gasteiger partial charge in [0.2, 0.25) is 0 Å². The second-order valence-electron chi connectivity index (χ2n) is 5.43. The van der Waals surface area contributed by atoms with E-state index in [2.05, 4.69) is 22.1 Å². The molecule has 0 bridgehead atoms. The van der Waals surface area contributed by atoms with E-state index in [1.165, 1.54) is 35.5 Å². The van der Waals surface area contributed by atoms with Crippen molar-refractivity contribution in [1.82, 2.24) is 9.88 Å². The van der Waals surface area contributed by atoms with Gasteiger partial charge in [-0.3, -0.25) is 15.0 Å². The minimum atomic E-state index is -0.292. The van der Waals surface area contributed by atoms with E-state index in [0.29, 0.717) is 26.5 Å². The number of nitrogens with one attached hydrogen (secondary N) is 1. The van der Waals surface area contributed by atoms with Crippen molar-refractivity contribution in [2.75, 3.05) is 25.5 Å². The molecule has 1 N–H and O–H groups in total. The molecule has 0 radical (unpaired) electrons. The molecule has 8 heteroatoms. The molecule has 5 nitrogen and oxygen atoms in total. The van der Waals surface area contributed by atoms with E-state index < -0.39 is 0 Å². The number of ether oxygens (including phenoxy) is 1. The van der Waals surface area contributed by atoms with Gasteiger partial charge in [0, 0.05) is 30.0 Å². The molecular formula is C16H17Cl2N3O2S. The monoisotopic (exact) mass is 385 g/mol. The van der Waals surface area contributed by atoms with Gasteiger partial charge in [-0.25, -0.2) is 4.98 Å². The molecule has 0 fully saturated rings. The number of benzene rings is 1. The summed E-state index contributed by atoms with van der Waals surface area (Å²) in [6.45, 7) is 5.05. The molecule has 0 saturated heterocycles. The number of nitrogens with zero attached hydrogens (tertiary/aromatic N) is 2. The Morgan fingerprint density at radius 3 is 2.75 bits per heavy atom. The Morgan fingerprint density at radius 2 is 2.12 bits per heavy atom. The molecule has 0 aliphatic carbocycles. The minimum absolute atomic E-state index is 0.292. The van der Waals surface area contributed by atoms with Gasteiger partial charge in [-0.2, -0.15) is 0 Å². The first kappa shape index (κ1) is 17.5. The number of fused-ring (bicyclic) bond motifs is 1. The van der Waals surface area contributed by atoms with Gasteiger partial charge in [0.1, 0.15) is 0 Å². The van der Waals surface area contributed by atoms with Crippen LogP contribution in [0.15, 0.2) is 12.1 Å². The zero-order chi connectivity index (χ0) is 17.3. The minimum Gasteiger partial charge on any atom is -0.494 e. The molecule has 3 rings (SSSR count). The van der Waals surface area contributed by atoms with Crippen molar-refractivity contribution in [3.63, 3.8) is 0 Å². The van der Waals surface area contributed by atoms with Crippen LogP contribution >= 0.6 is 34.5 Å². The molecule has 0 unspecified atom stereocenters. The molecule has 2 heterocycles. The zero-order valence-electron chi connectivity index (χ0n) is 13.4. The predicted molar refractivity (Wildman–Crippen MR) is 97.7 cm³/mol. The number of rotatable bonds is 4. The van der Waals surface area contributed by atoms with Gasteiger partial charge in [0.25, 0.3) is 5.91 Å². The summed E-state index contributed by atoms with van der Waals surface area (Å²) < 4.78 is 5.09. The first-order valence-corrected chi connectivity index (χ1v) is 9.14. The van der Waals surface area contributed by atoms with Crippen molar-refractivity contribution in [1.29, 1.82) is 0 Å². The molecule has 0 spiro atoms. The Balaban J connectivity index is 1.77. The lowest BCUT2D eigenvalue weighted by Crippen LogP contribution is -2.29. The molecule has 0 atom stereocenters. The first-order valence-electron chi connectivity index (χ1n) is 7.57. The maximum atomic E-state index is 12.4. The summed E-state index contributed by atoms with van der Waals surface area (Å²) in [7, 11) is 1.48. The number of thiazole rings is 1. The second-order valence-corrected chi connectivity index (χ2v) is 7.33. The number of carbonyl (C=O) groups excluding carboxylic acids is 1. The summed E-state index contributed by atoms with van der Waals surface area (Å²) >= 11 is 13.7. The van der Waals surface area contributed by atoms with Gasteiger partial charge in [-0.05, 0) is 18.7 Å². The van der Waals surface area contributed by atoms with Gasteiger partial charge in [-0.1, -0.05) is 30.1 Å². The summed E-state index contributed by atoms with van der Waals surface area (Å²) in [6.07, 6.45) is 0.912. The van der Waals surface area contributed by atoms with Gasteiger partial charge in [0.15, 0.2) is 10.9 Å². The topological polar surface area (TPSA) is 54.5 Å². The maximum absolute atomic E-state index is 12.4. The fourth-order valence-corrected chi connectivity index (χ4v) is 4.31. The molecule has 1 aromatic heterocycles. The molecule has 24 heavy (non-hydrogen) atoms. The Kier molecular flexibility index (Phi) is 5.30. The van der Waals surface area contributed by atoms with E-state index >= 15 is 0 Å². The molecular weight excluding hydrogens is 369 g/mol. The summed E-state index contributed by atoms with van der Waals surface area (Å²) in [4.78, 5) is 20.5. The Bertz CT molecular complexity index is 756. The lowest BCUT2D eigenvalue weighted by Gasteiger charge is -2.23. The third kappa shape index (κ3) is 3.52. The van der Waals surface area contributed by atoms with Crippen molar-refractivity contribution in [2.24, 2.45) is 0 Å². The number of hydrogen-bond donors (Lipinski definition) is 1. The lowest BCUT2D eigenvalue weighted by molar-refractivity contribution is 0.102. The van der Waals surface area contributed by atoms with E-state index in [9.17, 15) is 4.79 Å². The second kappa shape index (κ2) is 7.27. The average Bonchev–Trinajstić information content (AvgIpc) is 2.95. The number of likely N-dealkylation sites (N-methyl/N-ethyl adjacent to an activating group) is 1. The van der Waals surface area contributed by atoms with E-state index in [0.717, 1.165) is 31.7 Å². The Labute approximate surface area is 154 Å². The van der Waals surface area contributed by atoms with Crippen LogP contribution in [0, 0.1) is 0 Å². The normalized spacial score (nSPS) is 14.3. The van der Waals surface area contributed by atoms with E-state index in [4.69, 9.17) is 27.9 Å². The third-order valence-electron chi connectivity index (χ3n) is 3.94. The fourth-order valence-electron chi connectivity index (χ4n) is 2.63. The van der Waals surface area contributed by atoms with Crippen molar-refractivity contribution < 1.29 is 9.53 Å². The summed E-state index contributed by atoms with van der Waals surface area (Å²) in [5.41, 5.74) is 1.44. The molecule has 1 amide bonds. The zero-order valence-corrected chi connectivity index (χ0v) is 15.7. The molecule has 1 aromatic carbocycles. The number of amides is 1. The highest BCUT2D eigenvalue weighted by Gasteiger charge is 2.21. The summed E-state index contributed by atoms with van der Waals surface area (Å²) in [6, 6.07) is 3.07. The highest BCUT2D eigenvalue weighted by Crippen LogP contribution is 2.34. The Morgan fingerprint density at radius 1 is 1.42 bits per heavy atom. The highest BCUT2D eigenvalue weighted by molar-refractivity contribution is 7.15. The number of aromatic nitrogens is 1. The van der Waals surface area contributed by atoms with Crippen molar-refractivity contribution in [3.8, 4) is 5.75 Å². The van der Waals surface area contributed by atoms with E-state index in [1.807, 2.05) is 0 Å². The summed E-state index contributed by atoms with van der Waals surface area (Å²) in [5, 5.41) is 4.03. The largest absolute Gasteiger partial charge is 0.494 e. The van der Waals surface area contributed by atoms with Crippen molar-refractivity contribution >= 4 is 45.6 Å². The van der Waals surface area contributed by atoms with Gasteiger partial charge in [-0.15, -0.1) is 11.3 Å². The van der Waals surface area contributed by atoms with Gasteiger partial charge in [0.05, 0.1) is 22.8 Å². The number of hydrogen-bond acceptors (Lipinski definition) is 5. The van der Waals surface area contributed by atoms with Crippen LogP contribution in [0.3, 0.4) is 0 Å². The van der Waals surface area contributed by atoms with Crippen LogP contribution in [0.2, 0.25) is 10.0 Å².